The zero-order valence-corrected chi connectivity index (χ0v) is 22.5. The summed E-state index contributed by atoms with van der Waals surface area (Å²) in [5, 5.41) is 11.5. The summed E-state index contributed by atoms with van der Waals surface area (Å²) in [6, 6.07) is 19.8. The molecule has 1 fully saturated rings. The van der Waals surface area contributed by atoms with Crippen LogP contribution in [0, 0.1) is 0 Å². The number of benzene rings is 3. The van der Waals surface area contributed by atoms with E-state index in [1.54, 1.807) is 29.2 Å². The van der Waals surface area contributed by atoms with E-state index in [1.807, 2.05) is 63.2 Å². The van der Waals surface area contributed by atoms with Crippen LogP contribution in [0.1, 0.15) is 49.1 Å². The van der Waals surface area contributed by atoms with E-state index >= 15 is 0 Å². The van der Waals surface area contributed by atoms with Crippen LogP contribution in [0.15, 0.2) is 72.3 Å². The third kappa shape index (κ3) is 5.21. The fourth-order valence-corrected chi connectivity index (χ4v) is 5.31. The normalized spacial score (nSPS) is 19.6. The molecule has 0 unspecified atom stereocenters. The maximum Gasteiger partial charge on any atom is 0.295 e. The van der Waals surface area contributed by atoms with Crippen LogP contribution in [0.3, 0.4) is 0 Å². The molecule has 1 amide bonds. The summed E-state index contributed by atoms with van der Waals surface area (Å²) in [5.41, 5.74) is 3.21. The zero-order valence-electron chi connectivity index (χ0n) is 22.5. The van der Waals surface area contributed by atoms with E-state index in [4.69, 9.17) is 14.2 Å². The van der Waals surface area contributed by atoms with E-state index in [0.29, 0.717) is 55.2 Å². The fraction of sp³-hybridized carbons (Fsp3) is 0.312. The molecule has 39 heavy (non-hydrogen) atoms. The molecule has 0 saturated carbocycles. The molecule has 0 radical (unpaired) electrons. The highest BCUT2D eigenvalue weighted by atomic mass is 16.5. The van der Waals surface area contributed by atoms with Crippen LogP contribution in [0.2, 0.25) is 0 Å². The molecule has 2 aliphatic rings. The molecule has 202 valence electrons. The van der Waals surface area contributed by atoms with Gasteiger partial charge in [0, 0.05) is 18.5 Å². The van der Waals surface area contributed by atoms with E-state index in [-0.39, 0.29) is 17.4 Å². The number of Topliss-reactive ketones (excluding diaryl/α,β-unsaturated/α-hetero) is 1. The molecule has 7 nitrogen and oxygen atoms in total. The molecule has 0 spiro atoms. The average molecular weight is 528 g/mol. The number of ether oxygens (including phenoxy) is 3. The lowest BCUT2D eigenvalue weighted by atomic mass is 9.94. The van der Waals surface area contributed by atoms with Crippen LogP contribution >= 0.6 is 0 Å². The minimum absolute atomic E-state index is 0.0433. The molecule has 3 aromatic rings. The summed E-state index contributed by atoms with van der Waals surface area (Å²) in [6.07, 6.45) is 1.32. The monoisotopic (exact) mass is 527 g/mol. The summed E-state index contributed by atoms with van der Waals surface area (Å²) >= 11 is 0. The van der Waals surface area contributed by atoms with Gasteiger partial charge in [0.1, 0.15) is 17.6 Å². The second-order valence-corrected chi connectivity index (χ2v) is 9.76. The Morgan fingerprint density at radius 2 is 1.72 bits per heavy atom. The van der Waals surface area contributed by atoms with Crippen LogP contribution in [-0.4, -0.2) is 47.6 Å². The Kier molecular flexibility index (Phi) is 7.59. The molecule has 2 atom stereocenters. The number of aliphatic hydroxyl groups excluding tert-OH is 1. The van der Waals surface area contributed by atoms with Crippen molar-refractivity contribution in [1.82, 2.24) is 4.90 Å². The molecule has 1 saturated heterocycles. The lowest BCUT2D eigenvalue weighted by Crippen LogP contribution is -2.31. The first kappa shape index (κ1) is 26.4. The quantitative estimate of drug-likeness (QED) is 0.226. The van der Waals surface area contributed by atoms with Crippen LogP contribution in [0.25, 0.3) is 5.76 Å². The number of carbonyl (C=O) groups excluding carboxylic acids is 2. The number of hydrogen-bond acceptors (Lipinski definition) is 6. The van der Waals surface area contributed by atoms with Crippen molar-refractivity contribution in [3.05, 3.63) is 94.6 Å². The Hall–Kier alpha value is -4.26. The van der Waals surface area contributed by atoms with Crippen LogP contribution in [0.5, 0.6) is 17.2 Å². The van der Waals surface area contributed by atoms with Crippen LogP contribution < -0.4 is 14.2 Å². The highest BCUT2D eigenvalue weighted by molar-refractivity contribution is 6.46. The van der Waals surface area contributed by atoms with Crippen LogP contribution in [0.4, 0.5) is 0 Å². The third-order valence-electron chi connectivity index (χ3n) is 7.08. The Morgan fingerprint density at radius 3 is 2.46 bits per heavy atom. The Morgan fingerprint density at radius 1 is 0.974 bits per heavy atom. The first-order valence-corrected chi connectivity index (χ1v) is 13.4. The maximum absolute atomic E-state index is 13.5. The molecule has 7 heteroatoms. The summed E-state index contributed by atoms with van der Waals surface area (Å²) in [4.78, 5) is 28.5. The molecule has 3 aromatic carbocycles. The van der Waals surface area contributed by atoms with E-state index < -0.39 is 17.7 Å². The molecular weight excluding hydrogens is 494 g/mol. The number of hydrogen-bond donors (Lipinski definition) is 1. The predicted molar refractivity (Wildman–Crippen MR) is 148 cm³/mol. The van der Waals surface area contributed by atoms with E-state index in [2.05, 4.69) is 0 Å². The first-order valence-electron chi connectivity index (χ1n) is 13.4. The number of ketones is 1. The molecule has 0 aliphatic carbocycles. The van der Waals surface area contributed by atoms with Crippen molar-refractivity contribution in [2.75, 3.05) is 19.8 Å². The number of carbonyl (C=O) groups is 2. The molecule has 1 N–H and O–H groups in total. The minimum atomic E-state index is -0.785. The van der Waals surface area contributed by atoms with Crippen molar-refractivity contribution < 1.29 is 28.9 Å². The van der Waals surface area contributed by atoms with Gasteiger partial charge in [-0.25, -0.2) is 0 Å². The minimum Gasteiger partial charge on any atom is -0.507 e. The van der Waals surface area contributed by atoms with Gasteiger partial charge in [-0.2, -0.15) is 0 Å². The molecular formula is C32H33NO6. The number of likely N-dealkylation sites (tertiary alicyclic amines) is 1. The van der Waals surface area contributed by atoms with Gasteiger partial charge in [-0.3, -0.25) is 9.59 Å². The standard InChI is InChI=1S/C32H33NO6/c1-4-37-26-14-11-22(19-27(26)38-5-2)29-28(30(34)23-12-13-25-24(18-23)17-20(3)39-25)31(35)32(36)33(29)16-15-21-9-7-6-8-10-21/h6-14,18-20,29,34H,4-5,15-17H2,1-3H3/b30-28+/t20-,29+/m0/s1. The van der Waals surface area contributed by atoms with Crippen LogP contribution in [-0.2, 0) is 22.4 Å². The summed E-state index contributed by atoms with van der Waals surface area (Å²) in [6.45, 7) is 6.96. The van der Waals surface area contributed by atoms with Gasteiger partial charge in [0.25, 0.3) is 11.7 Å². The van der Waals surface area contributed by atoms with Gasteiger partial charge in [0.2, 0.25) is 0 Å². The van der Waals surface area contributed by atoms with E-state index in [0.717, 1.165) is 16.9 Å². The smallest absolute Gasteiger partial charge is 0.295 e. The number of rotatable bonds is 9. The van der Waals surface area contributed by atoms with Gasteiger partial charge >= 0.3 is 0 Å². The van der Waals surface area contributed by atoms with Gasteiger partial charge in [-0.1, -0.05) is 36.4 Å². The van der Waals surface area contributed by atoms with Gasteiger partial charge < -0.3 is 24.2 Å². The third-order valence-corrected chi connectivity index (χ3v) is 7.08. The molecule has 5 rings (SSSR count). The molecule has 2 heterocycles. The number of nitrogens with zero attached hydrogens (tertiary/aromatic N) is 1. The highest BCUT2D eigenvalue weighted by Gasteiger charge is 2.46. The zero-order chi connectivity index (χ0) is 27.5. The second-order valence-electron chi connectivity index (χ2n) is 9.76. The second kappa shape index (κ2) is 11.2. The summed E-state index contributed by atoms with van der Waals surface area (Å²) in [7, 11) is 0. The fourth-order valence-electron chi connectivity index (χ4n) is 5.31. The van der Waals surface area contributed by atoms with Crippen molar-refractivity contribution in [1.29, 1.82) is 0 Å². The van der Waals surface area contributed by atoms with Gasteiger partial charge in [0.05, 0.1) is 24.8 Å². The summed E-state index contributed by atoms with van der Waals surface area (Å²) in [5.74, 6) is 0.331. The summed E-state index contributed by atoms with van der Waals surface area (Å²) < 4.78 is 17.4. The largest absolute Gasteiger partial charge is 0.507 e. The van der Waals surface area contributed by atoms with Gasteiger partial charge in [-0.15, -0.1) is 0 Å². The van der Waals surface area contributed by atoms with Crippen molar-refractivity contribution >= 4 is 17.4 Å². The van der Waals surface area contributed by atoms with Crippen molar-refractivity contribution in [3.8, 4) is 17.2 Å². The van der Waals surface area contributed by atoms with Crippen molar-refractivity contribution in [3.63, 3.8) is 0 Å². The molecule has 0 bridgehead atoms. The maximum atomic E-state index is 13.5. The van der Waals surface area contributed by atoms with Crippen molar-refractivity contribution in [2.45, 2.75) is 45.8 Å². The first-order chi connectivity index (χ1) is 18.9. The average Bonchev–Trinajstić information content (AvgIpc) is 3.44. The topological polar surface area (TPSA) is 85.3 Å². The molecule has 2 aliphatic heterocycles. The van der Waals surface area contributed by atoms with Gasteiger partial charge in [0.15, 0.2) is 11.5 Å². The lowest BCUT2D eigenvalue weighted by molar-refractivity contribution is -0.139. The molecule has 0 aromatic heterocycles. The van der Waals surface area contributed by atoms with E-state index in [9.17, 15) is 14.7 Å². The van der Waals surface area contributed by atoms with Crippen molar-refractivity contribution in [2.24, 2.45) is 0 Å². The lowest BCUT2D eigenvalue weighted by Gasteiger charge is -2.26. The Balaban J connectivity index is 1.60. The predicted octanol–water partition coefficient (Wildman–Crippen LogP) is 5.47. The SMILES string of the molecule is CCOc1ccc([C@@H]2/C(=C(\O)c3ccc4c(c3)C[C@H](C)O4)C(=O)C(=O)N2CCc2ccccc2)cc1OCC. The number of fused-ring (bicyclic) bond motifs is 1. The van der Waals surface area contributed by atoms with Gasteiger partial charge in [-0.05, 0) is 74.2 Å². The number of amides is 1. The highest BCUT2D eigenvalue weighted by Crippen LogP contribution is 2.43. The van der Waals surface area contributed by atoms with E-state index in [1.165, 1.54) is 0 Å². The Bertz CT molecular complexity index is 1410. The Labute approximate surface area is 228 Å². The number of aliphatic hydroxyl groups is 1.